The molecule has 0 fully saturated rings. The van der Waals surface area contributed by atoms with Gasteiger partial charge in [0.1, 0.15) is 11.6 Å². The molecule has 0 saturated heterocycles. The summed E-state index contributed by atoms with van der Waals surface area (Å²) in [5.74, 6) is -2.56. The number of methoxy groups -OCH3 is 1. The van der Waals surface area contributed by atoms with Crippen molar-refractivity contribution in [2.75, 3.05) is 12.8 Å². The fourth-order valence-corrected chi connectivity index (χ4v) is 1.91. The number of hydrogen-bond acceptors (Lipinski definition) is 3. The summed E-state index contributed by atoms with van der Waals surface area (Å²) in [4.78, 5) is 12.4. The molecular weight excluding hydrogens is 264 g/mol. The van der Waals surface area contributed by atoms with E-state index >= 15 is 0 Å². The van der Waals surface area contributed by atoms with E-state index in [1.165, 1.54) is 13.2 Å². The van der Waals surface area contributed by atoms with Gasteiger partial charge < -0.3 is 10.5 Å². The summed E-state index contributed by atoms with van der Waals surface area (Å²) < 4.78 is 32.7. The highest BCUT2D eigenvalue weighted by atomic mass is 19.1. The van der Waals surface area contributed by atoms with Gasteiger partial charge in [-0.05, 0) is 31.2 Å². The van der Waals surface area contributed by atoms with Gasteiger partial charge in [0.2, 0.25) is 5.78 Å². The maximum atomic E-state index is 13.9. The summed E-state index contributed by atoms with van der Waals surface area (Å²) in [6, 6.07) is 6.87. The number of hydrogen-bond donors (Lipinski definition) is 1. The SMILES string of the molecule is COc1ccc(C)cc1C(=O)c1c(F)ccc(N)c1F. The van der Waals surface area contributed by atoms with Crippen molar-refractivity contribution in [3.8, 4) is 5.75 Å². The molecule has 0 amide bonds. The predicted octanol–water partition coefficient (Wildman–Crippen LogP) is 3.10. The first-order valence-electron chi connectivity index (χ1n) is 5.88. The summed E-state index contributed by atoms with van der Waals surface area (Å²) in [6.07, 6.45) is 0. The number of nitrogen functional groups attached to an aromatic ring is 1. The molecule has 0 radical (unpaired) electrons. The Morgan fingerprint density at radius 3 is 2.55 bits per heavy atom. The monoisotopic (exact) mass is 277 g/mol. The zero-order chi connectivity index (χ0) is 14.9. The minimum absolute atomic E-state index is 0.0934. The van der Waals surface area contributed by atoms with Gasteiger partial charge in [-0.2, -0.15) is 0 Å². The van der Waals surface area contributed by atoms with Gasteiger partial charge in [-0.1, -0.05) is 11.6 Å². The molecule has 0 atom stereocenters. The van der Waals surface area contributed by atoms with E-state index in [2.05, 4.69) is 0 Å². The Morgan fingerprint density at radius 1 is 1.20 bits per heavy atom. The first-order chi connectivity index (χ1) is 9.45. The van der Waals surface area contributed by atoms with Gasteiger partial charge in [-0.15, -0.1) is 0 Å². The summed E-state index contributed by atoms with van der Waals surface area (Å²) in [5, 5.41) is 0. The molecule has 2 rings (SSSR count). The van der Waals surface area contributed by atoms with E-state index in [0.717, 1.165) is 17.7 Å². The summed E-state index contributed by atoms with van der Waals surface area (Å²) in [7, 11) is 1.38. The van der Waals surface area contributed by atoms with Crippen molar-refractivity contribution >= 4 is 11.5 Å². The molecule has 0 saturated carbocycles. The Labute approximate surface area is 115 Å². The van der Waals surface area contributed by atoms with Gasteiger partial charge in [0.25, 0.3) is 0 Å². The molecule has 2 aromatic rings. The number of benzene rings is 2. The first-order valence-corrected chi connectivity index (χ1v) is 5.88. The molecule has 0 bridgehead atoms. The third-order valence-corrected chi connectivity index (χ3v) is 2.95. The van der Waals surface area contributed by atoms with Crippen LogP contribution in [0.3, 0.4) is 0 Å². The zero-order valence-corrected chi connectivity index (χ0v) is 11.0. The van der Waals surface area contributed by atoms with E-state index in [-0.39, 0.29) is 17.0 Å². The van der Waals surface area contributed by atoms with Crippen molar-refractivity contribution in [2.45, 2.75) is 6.92 Å². The summed E-state index contributed by atoms with van der Waals surface area (Å²) in [6.45, 7) is 1.77. The lowest BCUT2D eigenvalue weighted by atomic mass is 9.99. The Balaban J connectivity index is 2.63. The Kier molecular flexibility index (Phi) is 3.70. The number of halogens is 2. The van der Waals surface area contributed by atoms with Crippen LogP contribution in [0.5, 0.6) is 5.75 Å². The second-order valence-electron chi connectivity index (χ2n) is 4.36. The molecular formula is C15H13F2NO2. The van der Waals surface area contributed by atoms with E-state index in [9.17, 15) is 13.6 Å². The molecule has 3 nitrogen and oxygen atoms in total. The Morgan fingerprint density at radius 2 is 1.90 bits per heavy atom. The van der Waals surface area contributed by atoms with Crippen molar-refractivity contribution in [3.05, 3.63) is 58.7 Å². The smallest absolute Gasteiger partial charge is 0.202 e. The van der Waals surface area contributed by atoms with Gasteiger partial charge in [0, 0.05) is 0 Å². The maximum Gasteiger partial charge on any atom is 0.202 e. The van der Waals surface area contributed by atoms with Gasteiger partial charge >= 0.3 is 0 Å². The van der Waals surface area contributed by atoms with Crippen LogP contribution in [0.25, 0.3) is 0 Å². The predicted molar refractivity (Wildman–Crippen MR) is 71.9 cm³/mol. The fraction of sp³-hybridized carbons (Fsp3) is 0.133. The highest BCUT2D eigenvalue weighted by molar-refractivity contribution is 6.11. The van der Waals surface area contributed by atoms with Crippen molar-refractivity contribution in [2.24, 2.45) is 0 Å². The number of rotatable bonds is 3. The van der Waals surface area contributed by atoms with Crippen molar-refractivity contribution in [3.63, 3.8) is 0 Å². The standard InChI is InChI=1S/C15H13F2NO2/c1-8-3-6-12(20-2)9(7-8)15(19)13-10(16)4-5-11(18)14(13)17/h3-7H,18H2,1-2H3. The second kappa shape index (κ2) is 5.28. The average molecular weight is 277 g/mol. The molecule has 5 heteroatoms. The number of ether oxygens (including phenoxy) is 1. The molecule has 2 N–H and O–H groups in total. The van der Waals surface area contributed by atoms with Crippen LogP contribution >= 0.6 is 0 Å². The lowest BCUT2D eigenvalue weighted by Gasteiger charge is -2.10. The van der Waals surface area contributed by atoms with Gasteiger partial charge in [0.15, 0.2) is 5.82 Å². The van der Waals surface area contributed by atoms with Crippen LogP contribution in [0.2, 0.25) is 0 Å². The second-order valence-corrected chi connectivity index (χ2v) is 4.36. The molecule has 20 heavy (non-hydrogen) atoms. The molecule has 0 spiro atoms. The van der Waals surface area contributed by atoms with E-state index in [1.807, 2.05) is 0 Å². The number of carbonyl (C=O) groups is 1. The van der Waals surface area contributed by atoms with Gasteiger partial charge in [-0.25, -0.2) is 8.78 Å². The van der Waals surface area contributed by atoms with Crippen LogP contribution in [0, 0.1) is 18.6 Å². The number of ketones is 1. The highest BCUT2D eigenvalue weighted by Crippen LogP contribution is 2.27. The molecule has 0 heterocycles. The normalized spacial score (nSPS) is 10.4. The first kappa shape index (κ1) is 14.0. The van der Waals surface area contributed by atoms with Crippen molar-refractivity contribution in [1.82, 2.24) is 0 Å². The fourth-order valence-electron chi connectivity index (χ4n) is 1.91. The van der Waals surface area contributed by atoms with Crippen molar-refractivity contribution in [1.29, 1.82) is 0 Å². The topological polar surface area (TPSA) is 52.3 Å². The Bertz CT molecular complexity index is 684. The molecule has 0 aromatic heterocycles. The number of anilines is 1. The van der Waals surface area contributed by atoms with E-state index in [1.54, 1.807) is 19.1 Å². The lowest BCUT2D eigenvalue weighted by Crippen LogP contribution is -2.11. The number of nitrogens with two attached hydrogens (primary N) is 1. The largest absolute Gasteiger partial charge is 0.496 e. The van der Waals surface area contributed by atoms with Crippen LogP contribution in [0.15, 0.2) is 30.3 Å². The minimum Gasteiger partial charge on any atom is -0.496 e. The van der Waals surface area contributed by atoms with E-state index < -0.39 is 23.0 Å². The quantitative estimate of drug-likeness (QED) is 0.693. The van der Waals surface area contributed by atoms with Crippen molar-refractivity contribution < 1.29 is 18.3 Å². The number of aryl methyl sites for hydroxylation is 1. The van der Waals surface area contributed by atoms with Gasteiger partial charge in [-0.3, -0.25) is 4.79 Å². The van der Waals surface area contributed by atoms with Gasteiger partial charge in [0.05, 0.1) is 23.9 Å². The summed E-state index contributed by atoms with van der Waals surface area (Å²) >= 11 is 0. The third-order valence-electron chi connectivity index (χ3n) is 2.95. The molecule has 0 aliphatic carbocycles. The maximum absolute atomic E-state index is 13.9. The molecule has 0 aliphatic heterocycles. The highest BCUT2D eigenvalue weighted by Gasteiger charge is 2.23. The molecule has 2 aromatic carbocycles. The number of carbonyl (C=O) groups excluding carboxylic acids is 1. The van der Waals surface area contributed by atoms with Crippen LogP contribution in [-0.2, 0) is 0 Å². The average Bonchev–Trinajstić information content (AvgIpc) is 2.43. The Hall–Kier alpha value is -2.43. The van der Waals surface area contributed by atoms with Crippen LogP contribution in [-0.4, -0.2) is 12.9 Å². The molecule has 0 unspecified atom stereocenters. The van der Waals surface area contributed by atoms with Crippen LogP contribution < -0.4 is 10.5 Å². The van der Waals surface area contributed by atoms with Crippen LogP contribution in [0.4, 0.5) is 14.5 Å². The summed E-state index contributed by atoms with van der Waals surface area (Å²) in [5.41, 5.74) is 5.30. The lowest BCUT2D eigenvalue weighted by molar-refractivity contribution is 0.102. The molecule has 104 valence electrons. The van der Waals surface area contributed by atoms with E-state index in [0.29, 0.717) is 0 Å². The van der Waals surface area contributed by atoms with E-state index in [4.69, 9.17) is 10.5 Å². The molecule has 0 aliphatic rings. The third kappa shape index (κ3) is 2.34. The minimum atomic E-state index is -1.06. The zero-order valence-electron chi connectivity index (χ0n) is 11.0. The van der Waals surface area contributed by atoms with Crippen LogP contribution in [0.1, 0.15) is 21.5 Å².